The lowest BCUT2D eigenvalue weighted by molar-refractivity contribution is 0.0951. The summed E-state index contributed by atoms with van der Waals surface area (Å²) in [6, 6.07) is 26.6. The molecule has 0 bridgehead atoms. The molecular weight excluding hydrogens is 725 g/mol. The quantitative estimate of drug-likeness (QED) is 0.0997. The molecule has 8 rings (SSSR count). The van der Waals surface area contributed by atoms with E-state index < -0.39 is 0 Å². The summed E-state index contributed by atoms with van der Waals surface area (Å²) in [7, 11) is 3.15. The number of nitrogens with one attached hydrogen (secondary N) is 6. The Morgan fingerprint density at radius 2 is 0.907 bits per heavy atom. The van der Waals surface area contributed by atoms with Crippen molar-refractivity contribution >= 4 is 79.5 Å². The second-order valence-electron chi connectivity index (χ2n) is 11.6. The van der Waals surface area contributed by atoms with Gasteiger partial charge in [-0.25, -0.2) is 9.97 Å². The van der Waals surface area contributed by atoms with E-state index in [0.29, 0.717) is 34.2 Å². The zero-order valence-corrected chi connectivity index (χ0v) is 30.3. The zero-order chi connectivity index (χ0) is 37.6. The second kappa shape index (κ2) is 15.7. The SMILES string of the molecule is CNC(=O)c1n[nH]c2cc(-c3ccc(NC(=O)c4cscn4)cc3)ccc12.CNC(=O)c1n[nH]c2cc(-c3ccc(NC(=O)c4cscn4)cc3)ccc12. The fraction of sp³-hybridized carbons (Fsp3) is 0.0526. The van der Waals surface area contributed by atoms with Crippen LogP contribution in [0.3, 0.4) is 0 Å². The highest BCUT2D eigenvalue weighted by Crippen LogP contribution is 2.28. The summed E-state index contributed by atoms with van der Waals surface area (Å²) < 4.78 is 0. The van der Waals surface area contributed by atoms with Crippen LogP contribution in [0.25, 0.3) is 44.1 Å². The molecule has 4 aromatic heterocycles. The predicted molar refractivity (Wildman–Crippen MR) is 210 cm³/mol. The van der Waals surface area contributed by atoms with Gasteiger partial charge in [0, 0.05) is 47.0 Å². The van der Waals surface area contributed by atoms with Crippen LogP contribution in [0.4, 0.5) is 11.4 Å². The lowest BCUT2D eigenvalue weighted by Gasteiger charge is -2.06. The molecule has 6 N–H and O–H groups in total. The summed E-state index contributed by atoms with van der Waals surface area (Å²) in [6.45, 7) is 0. The van der Waals surface area contributed by atoms with Crippen molar-refractivity contribution in [3.63, 3.8) is 0 Å². The summed E-state index contributed by atoms with van der Waals surface area (Å²) in [6.07, 6.45) is 0. The first-order valence-corrected chi connectivity index (χ1v) is 18.2. The molecule has 4 heterocycles. The number of thiazole rings is 2. The number of fused-ring (bicyclic) bond motifs is 2. The molecule has 0 fully saturated rings. The van der Waals surface area contributed by atoms with E-state index >= 15 is 0 Å². The van der Waals surface area contributed by atoms with Crippen molar-refractivity contribution in [2.75, 3.05) is 24.7 Å². The Hall–Kier alpha value is -7.04. The fourth-order valence-electron chi connectivity index (χ4n) is 5.51. The third-order valence-electron chi connectivity index (χ3n) is 8.29. The fourth-order valence-corrected chi connectivity index (χ4v) is 6.58. The van der Waals surface area contributed by atoms with Crippen molar-refractivity contribution in [3.8, 4) is 22.3 Å². The molecule has 0 saturated carbocycles. The molecule has 0 spiro atoms. The third-order valence-corrected chi connectivity index (χ3v) is 9.47. The van der Waals surface area contributed by atoms with Crippen LogP contribution in [-0.2, 0) is 0 Å². The van der Waals surface area contributed by atoms with Crippen molar-refractivity contribution in [2.24, 2.45) is 0 Å². The van der Waals surface area contributed by atoms with E-state index in [0.717, 1.165) is 44.1 Å². The predicted octanol–water partition coefficient (Wildman–Crippen LogP) is 6.60. The number of nitrogens with zero attached hydrogens (tertiary/aromatic N) is 4. The van der Waals surface area contributed by atoms with Gasteiger partial charge in [-0.05, 0) is 70.8 Å². The molecule has 0 aliphatic rings. The van der Waals surface area contributed by atoms with Gasteiger partial charge in [0.1, 0.15) is 11.4 Å². The minimum Gasteiger partial charge on any atom is -0.354 e. The van der Waals surface area contributed by atoms with Crippen molar-refractivity contribution < 1.29 is 19.2 Å². The van der Waals surface area contributed by atoms with Crippen molar-refractivity contribution in [1.82, 2.24) is 41.0 Å². The van der Waals surface area contributed by atoms with Crippen LogP contribution in [0.5, 0.6) is 0 Å². The first-order valence-electron chi connectivity index (χ1n) is 16.3. The number of amides is 4. The summed E-state index contributed by atoms with van der Waals surface area (Å²) in [5, 5.41) is 29.7. The molecule has 268 valence electrons. The Balaban J connectivity index is 0.000000167. The van der Waals surface area contributed by atoms with Gasteiger partial charge in [0.25, 0.3) is 23.6 Å². The molecule has 0 aliphatic heterocycles. The van der Waals surface area contributed by atoms with E-state index in [4.69, 9.17) is 0 Å². The normalized spacial score (nSPS) is 10.7. The minimum atomic E-state index is -0.232. The number of rotatable bonds is 8. The molecule has 4 aromatic carbocycles. The number of aromatic nitrogens is 6. The Morgan fingerprint density at radius 1 is 0.519 bits per heavy atom. The van der Waals surface area contributed by atoms with Gasteiger partial charge >= 0.3 is 0 Å². The van der Waals surface area contributed by atoms with Crippen molar-refractivity contribution in [2.45, 2.75) is 0 Å². The molecule has 54 heavy (non-hydrogen) atoms. The number of anilines is 2. The number of hydrogen-bond donors (Lipinski definition) is 6. The van der Waals surface area contributed by atoms with Crippen LogP contribution >= 0.6 is 22.7 Å². The maximum absolute atomic E-state index is 12.0. The number of carbonyl (C=O) groups excluding carboxylic acids is 4. The largest absolute Gasteiger partial charge is 0.354 e. The molecule has 8 aromatic rings. The molecule has 0 aliphatic carbocycles. The van der Waals surface area contributed by atoms with Crippen LogP contribution < -0.4 is 21.3 Å². The van der Waals surface area contributed by atoms with Gasteiger partial charge in [-0.3, -0.25) is 29.4 Å². The standard InChI is InChI=1S/2C19H15N5O2S/c2*1-20-19(26)17-14-7-4-12(8-15(14)23-24-17)11-2-5-13(6-3-11)22-18(25)16-9-27-10-21-16/h2*2-10H,1H3,(H,20,26)(H,22,25)(H,23,24). The molecule has 0 radical (unpaired) electrons. The summed E-state index contributed by atoms with van der Waals surface area (Å²) in [5.41, 5.74) is 11.7. The van der Waals surface area contributed by atoms with Gasteiger partial charge in [-0.1, -0.05) is 36.4 Å². The molecule has 16 heteroatoms. The Kier molecular flexibility index (Phi) is 10.3. The van der Waals surface area contributed by atoms with E-state index in [-0.39, 0.29) is 23.6 Å². The van der Waals surface area contributed by atoms with E-state index in [2.05, 4.69) is 51.6 Å². The lowest BCUT2D eigenvalue weighted by Crippen LogP contribution is -2.18. The zero-order valence-electron chi connectivity index (χ0n) is 28.6. The van der Waals surface area contributed by atoms with E-state index in [1.54, 1.807) is 35.9 Å². The third kappa shape index (κ3) is 7.59. The molecule has 0 unspecified atom stereocenters. The molecule has 14 nitrogen and oxygen atoms in total. The highest BCUT2D eigenvalue weighted by Gasteiger charge is 2.15. The number of benzene rings is 4. The van der Waals surface area contributed by atoms with Crippen LogP contribution in [-0.4, -0.2) is 68.1 Å². The van der Waals surface area contributed by atoms with Crippen molar-refractivity contribution in [3.05, 3.63) is 129 Å². The van der Waals surface area contributed by atoms with Gasteiger partial charge in [-0.15, -0.1) is 22.7 Å². The maximum Gasteiger partial charge on any atom is 0.275 e. The van der Waals surface area contributed by atoms with Crippen molar-refractivity contribution in [1.29, 1.82) is 0 Å². The Bertz CT molecular complexity index is 2420. The van der Waals surface area contributed by atoms with Crippen LogP contribution in [0.2, 0.25) is 0 Å². The van der Waals surface area contributed by atoms with E-state index in [9.17, 15) is 19.2 Å². The molecule has 0 saturated heterocycles. The number of carbonyl (C=O) groups is 4. The van der Waals surface area contributed by atoms with Crippen LogP contribution in [0, 0.1) is 0 Å². The van der Waals surface area contributed by atoms with Gasteiger partial charge in [0.2, 0.25) is 0 Å². The van der Waals surface area contributed by atoms with Gasteiger partial charge in [0.05, 0.1) is 22.1 Å². The van der Waals surface area contributed by atoms with Crippen LogP contribution in [0.1, 0.15) is 42.0 Å². The highest BCUT2D eigenvalue weighted by atomic mass is 32.1. The van der Waals surface area contributed by atoms with E-state index in [1.807, 2.05) is 84.9 Å². The van der Waals surface area contributed by atoms with Crippen LogP contribution in [0.15, 0.2) is 107 Å². The number of hydrogen-bond acceptors (Lipinski definition) is 10. The lowest BCUT2D eigenvalue weighted by atomic mass is 10.0. The second-order valence-corrected chi connectivity index (χ2v) is 13.1. The Labute approximate surface area is 315 Å². The molecule has 0 atom stereocenters. The Morgan fingerprint density at radius 3 is 1.26 bits per heavy atom. The van der Waals surface area contributed by atoms with Gasteiger partial charge in [0.15, 0.2) is 11.4 Å². The smallest absolute Gasteiger partial charge is 0.275 e. The summed E-state index contributed by atoms with van der Waals surface area (Å²) in [5.74, 6) is -0.919. The van der Waals surface area contributed by atoms with Gasteiger partial charge in [-0.2, -0.15) is 10.2 Å². The first-order chi connectivity index (χ1) is 26.3. The summed E-state index contributed by atoms with van der Waals surface area (Å²) in [4.78, 5) is 55.7. The average Bonchev–Trinajstić information content (AvgIpc) is 4.05. The molecular formula is C38H30N10O4S2. The maximum atomic E-state index is 12.0. The number of aromatic amines is 2. The first kappa shape index (κ1) is 35.4. The molecule has 4 amide bonds. The average molecular weight is 755 g/mol. The highest BCUT2D eigenvalue weighted by molar-refractivity contribution is 7.08. The summed E-state index contributed by atoms with van der Waals surface area (Å²) >= 11 is 2.76. The number of H-pyrrole nitrogens is 2. The monoisotopic (exact) mass is 754 g/mol. The van der Waals surface area contributed by atoms with Gasteiger partial charge < -0.3 is 21.3 Å². The minimum absolute atomic E-state index is 0.228. The topological polar surface area (TPSA) is 200 Å². The van der Waals surface area contributed by atoms with E-state index in [1.165, 1.54) is 22.7 Å².